The first kappa shape index (κ1) is 24.2. The van der Waals surface area contributed by atoms with Gasteiger partial charge in [-0.1, -0.05) is 57.1 Å². The highest BCUT2D eigenvalue weighted by Gasteiger charge is 2.14. The number of aromatic nitrogens is 2. The molecule has 0 amide bonds. The normalized spacial score (nSPS) is 17.9. The van der Waals surface area contributed by atoms with Crippen molar-refractivity contribution in [3.05, 3.63) is 53.9 Å². The molecule has 5 nitrogen and oxygen atoms in total. The zero-order valence-electron chi connectivity index (χ0n) is 21.2. The van der Waals surface area contributed by atoms with Crippen LogP contribution in [0, 0.1) is 5.92 Å². The Morgan fingerprint density at radius 1 is 0.914 bits per heavy atom. The number of rotatable bonds is 10. The molecule has 5 heteroatoms. The first-order valence-electron chi connectivity index (χ1n) is 14.0. The Morgan fingerprint density at radius 3 is 2.49 bits per heavy atom. The molecule has 5 rings (SSSR count). The molecule has 2 heterocycles. The summed E-state index contributed by atoms with van der Waals surface area (Å²) in [5, 5.41) is 3.56. The van der Waals surface area contributed by atoms with Crippen molar-refractivity contribution in [1.82, 2.24) is 14.9 Å². The molecule has 0 bridgehead atoms. The molecule has 188 valence electrons. The van der Waals surface area contributed by atoms with Gasteiger partial charge in [-0.05, 0) is 74.2 Å². The molecule has 2 fully saturated rings. The largest absolute Gasteiger partial charge is 0.492 e. The number of anilines is 1. The molecule has 0 unspecified atom stereocenters. The van der Waals surface area contributed by atoms with Crippen LogP contribution < -0.4 is 10.1 Å². The minimum atomic E-state index is 0.768. The standard InChI is InChI=1S/C30H42N4O/c1-2-7-19-34(18-6-1)20-21-35-27-14-10-25(11-15-27)23-31-26-13-16-28-29(22-26)33-30(32-28)17-12-24-8-4-3-5-9-24/h10-11,13-16,22,24,31H,1-9,12,17-21,23H2,(H,32,33). The van der Waals surface area contributed by atoms with Crippen LogP contribution in [0.15, 0.2) is 42.5 Å². The SMILES string of the molecule is c1cc(OCCN2CCCCCC2)ccc1CNc1ccc2nc(CCC3CCCCC3)[nH]c2c1. The van der Waals surface area contributed by atoms with Crippen molar-refractivity contribution in [3.63, 3.8) is 0 Å². The van der Waals surface area contributed by atoms with Crippen molar-refractivity contribution in [3.8, 4) is 5.75 Å². The van der Waals surface area contributed by atoms with Crippen molar-refractivity contribution in [2.24, 2.45) is 5.92 Å². The average Bonchev–Trinajstić information content (AvgIpc) is 3.13. The number of fused-ring (bicyclic) bond motifs is 1. The van der Waals surface area contributed by atoms with E-state index in [0.29, 0.717) is 0 Å². The summed E-state index contributed by atoms with van der Waals surface area (Å²) in [4.78, 5) is 10.9. The van der Waals surface area contributed by atoms with Gasteiger partial charge >= 0.3 is 0 Å². The van der Waals surface area contributed by atoms with Gasteiger partial charge in [0.15, 0.2) is 0 Å². The third kappa shape index (κ3) is 7.23. The van der Waals surface area contributed by atoms with E-state index in [-0.39, 0.29) is 0 Å². The number of nitrogens with zero attached hydrogens (tertiary/aromatic N) is 2. The molecule has 1 saturated carbocycles. The predicted octanol–water partition coefficient (Wildman–Crippen LogP) is 6.94. The second-order valence-electron chi connectivity index (χ2n) is 10.6. The Hall–Kier alpha value is -2.53. The fourth-order valence-corrected chi connectivity index (χ4v) is 5.67. The summed E-state index contributed by atoms with van der Waals surface area (Å²) in [7, 11) is 0. The van der Waals surface area contributed by atoms with Crippen LogP contribution in [0.25, 0.3) is 11.0 Å². The molecule has 0 radical (unpaired) electrons. The van der Waals surface area contributed by atoms with Crippen LogP contribution >= 0.6 is 0 Å². The summed E-state index contributed by atoms with van der Waals surface area (Å²) < 4.78 is 6.00. The van der Waals surface area contributed by atoms with Crippen molar-refractivity contribution in [2.45, 2.75) is 77.2 Å². The quantitative estimate of drug-likeness (QED) is 0.334. The van der Waals surface area contributed by atoms with Crippen molar-refractivity contribution in [2.75, 3.05) is 31.6 Å². The van der Waals surface area contributed by atoms with E-state index in [1.807, 2.05) is 0 Å². The van der Waals surface area contributed by atoms with E-state index < -0.39 is 0 Å². The maximum atomic E-state index is 6.00. The minimum absolute atomic E-state index is 0.768. The van der Waals surface area contributed by atoms with Crippen LogP contribution in [0.3, 0.4) is 0 Å². The lowest BCUT2D eigenvalue weighted by Gasteiger charge is -2.20. The molecule has 2 aromatic carbocycles. The van der Waals surface area contributed by atoms with E-state index in [4.69, 9.17) is 9.72 Å². The molecule has 1 saturated heterocycles. The first-order valence-corrected chi connectivity index (χ1v) is 14.0. The zero-order valence-corrected chi connectivity index (χ0v) is 21.2. The highest BCUT2D eigenvalue weighted by molar-refractivity contribution is 5.79. The lowest BCUT2D eigenvalue weighted by molar-refractivity contribution is 0.214. The van der Waals surface area contributed by atoms with E-state index in [2.05, 4.69) is 57.7 Å². The molecule has 0 atom stereocenters. The van der Waals surface area contributed by atoms with Gasteiger partial charge in [0.25, 0.3) is 0 Å². The summed E-state index contributed by atoms with van der Waals surface area (Å²) >= 11 is 0. The molecular formula is C30H42N4O. The van der Waals surface area contributed by atoms with Crippen LogP contribution in [0.4, 0.5) is 5.69 Å². The molecule has 1 aromatic heterocycles. The number of H-pyrrole nitrogens is 1. The number of nitrogens with one attached hydrogen (secondary N) is 2. The van der Waals surface area contributed by atoms with Crippen LogP contribution in [0.2, 0.25) is 0 Å². The second kappa shape index (κ2) is 12.4. The van der Waals surface area contributed by atoms with Gasteiger partial charge in [0.2, 0.25) is 0 Å². The van der Waals surface area contributed by atoms with Gasteiger partial charge in [-0.25, -0.2) is 4.98 Å². The number of hydrogen-bond acceptors (Lipinski definition) is 4. The third-order valence-corrected chi connectivity index (χ3v) is 7.84. The fraction of sp³-hybridized carbons (Fsp3) is 0.567. The molecule has 1 aliphatic carbocycles. The van der Waals surface area contributed by atoms with Crippen LogP contribution in [-0.2, 0) is 13.0 Å². The summed E-state index contributed by atoms with van der Waals surface area (Å²) in [5.41, 5.74) is 4.57. The minimum Gasteiger partial charge on any atom is -0.492 e. The van der Waals surface area contributed by atoms with E-state index in [0.717, 1.165) is 60.3 Å². The number of benzene rings is 2. The molecular weight excluding hydrogens is 432 g/mol. The molecule has 3 aromatic rings. The fourth-order valence-electron chi connectivity index (χ4n) is 5.67. The topological polar surface area (TPSA) is 53.2 Å². The Labute approximate surface area is 210 Å². The van der Waals surface area contributed by atoms with Crippen LogP contribution in [-0.4, -0.2) is 41.1 Å². The summed E-state index contributed by atoms with van der Waals surface area (Å²) in [6.45, 7) is 5.04. The Kier molecular flexibility index (Phi) is 8.59. The van der Waals surface area contributed by atoms with E-state index in [9.17, 15) is 0 Å². The summed E-state index contributed by atoms with van der Waals surface area (Å²) in [6.07, 6.45) is 14.8. The number of aryl methyl sites for hydroxylation is 1. The van der Waals surface area contributed by atoms with Gasteiger partial charge < -0.3 is 15.0 Å². The van der Waals surface area contributed by atoms with Crippen LogP contribution in [0.5, 0.6) is 5.75 Å². The number of imidazole rings is 1. The average molecular weight is 475 g/mol. The maximum absolute atomic E-state index is 6.00. The van der Waals surface area contributed by atoms with Gasteiger partial charge in [-0.15, -0.1) is 0 Å². The highest BCUT2D eigenvalue weighted by atomic mass is 16.5. The Morgan fingerprint density at radius 2 is 1.69 bits per heavy atom. The lowest BCUT2D eigenvalue weighted by Crippen LogP contribution is -2.29. The number of likely N-dealkylation sites (tertiary alicyclic amines) is 1. The Bertz CT molecular complexity index is 1030. The Balaban J connectivity index is 1.07. The van der Waals surface area contributed by atoms with Crippen molar-refractivity contribution in [1.29, 1.82) is 0 Å². The predicted molar refractivity (Wildman–Crippen MR) is 145 cm³/mol. The van der Waals surface area contributed by atoms with E-state index in [1.54, 1.807) is 0 Å². The summed E-state index contributed by atoms with van der Waals surface area (Å²) in [6, 6.07) is 15.0. The molecule has 1 aliphatic heterocycles. The van der Waals surface area contributed by atoms with Crippen LogP contribution in [0.1, 0.15) is 75.6 Å². The number of ether oxygens (including phenoxy) is 1. The van der Waals surface area contributed by atoms with Gasteiger partial charge in [-0.2, -0.15) is 0 Å². The molecule has 2 N–H and O–H groups in total. The molecule has 0 spiro atoms. The summed E-state index contributed by atoms with van der Waals surface area (Å²) in [5.74, 6) is 2.99. The maximum Gasteiger partial charge on any atom is 0.119 e. The molecule has 35 heavy (non-hydrogen) atoms. The third-order valence-electron chi connectivity index (χ3n) is 7.84. The van der Waals surface area contributed by atoms with Gasteiger partial charge in [0.1, 0.15) is 18.2 Å². The number of aromatic amines is 1. The highest BCUT2D eigenvalue weighted by Crippen LogP contribution is 2.28. The van der Waals surface area contributed by atoms with Gasteiger partial charge in [-0.3, -0.25) is 4.90 Å². The van der Waals surface area contributed by atoms with Crippen molar-refractivity contribution >= 4 is 16.7 Å². The van der Waals surface area contributed by atoms with Crippen molar-refractivity contribution < 1.29 is 4.74 Å². The molecule has 2 aliphatic rings. The lowest BCUT2D eigenvalue weighted by atomic mass is 9.86. The van der Waals surface area contributed by atoms with Gasteiger partial charge in [0, 0.05) is 25.2 Å². The zero-order chi connectivity index (χ0) is 23.7. The smallest absolute Gasteiger partial charge is 0.119 e. The number of hydrogen-bond donors (Lipinski definition) is 2. The monoisotopic (exact) mass is 474 g/mol. The van der Waals surface area contributed by atoms with E-state index in [1.165, 1.54) is 82.9 Å². The second-order valence-corrected chi connectivity index (χ2v) is 10.6. The van der Waals surface area contributed by atoms with Gasteiger partial charge in [0.05, 0.1) is 11.0 Å². The first-order chi connectivity index (χ1) is 17.3. The van der Waals surface area contributed by atoms with E-state index >= 15 is 0 Å².